The average molecular weight is 358 g/mol. The van der Waals surface area contributed by atoms with Crippen molar-refractivity contribution >= 4 is 11.9 Å². The zero-order valence-electron chi connectivity index (χ0n) is 15.2. The average Bonchev–Trinajstić information content (AvgIpc) is 2.64. The molecule has 2 aromatic carbocycles. The quantitative estimate of drug-likeness (QED) is 0.546. The van der Waals surface area contributed by atoms with Crippen LogP contribution in [0.3, 0.4) is 0 Å². The van der Waals surface area contributed by atoms with E-state index in [1.54, 1.807) is 32.9 Å². The summed E-state index contributed by atoms with van der Waals surface area (Å²) < 4.78 is 24.5. The molecule has 0 aromatic heterocycles. The monoisotopic (exact) mass is 358 g/mol. The van der Waals surface area contributed by atoms with Gasteiger partial charge in [-0.05, 0) is 24.1 Å². The summed E-state index contributed by atoms with van der Waals surface area (Å²) in [4.78, 5) is 23.4. The molecule has 0 saturated carbocycles. The Balaban J connectivity index is 1.94. The molecule has 0 radical (unpaired) electrons. The van der Waals surface area contributed by atoms with Gasteiger partial charge in [0.1, 0.15) is 19.0 Å². The van der Waals surface area contributed by atoms with Crippen LogP contribution in [0.1, 0.15) is 32.3 Å². The summed E-state index contributed by atoms with van der Waals surface area (Å²) >= 11 is 0. The summed E-state index contributed by atoms with van der Waals surface area (Å²) in [6.45, 7) is 5.09. The highest BCUT2D eigenvalue weighted by atomic mass is 19.1. The zero-order chi connectivity index (χ0) is 19.1. The fraction of sp³-hybridized carbons (Fsp3) is 0.333. The summed E-state index contributed by atoms with van der Waals surface area (Å²) in [5.41, 5.74) is 1.79. The van der Waals surface area contributed by atoms with Crippen LogP contribution < -0.4 is 0 Å². The fourth-order valence-electron chi connectivity index (χ4n) is 2.36. The smallest absolute Gasteiger partial charge is 0.313 e. The Morgan fingerprint density at radius 2 is 1.54 bits per heavy atom. The van der Waals surface area contributed by atoms with Crippen LogP contribution in [0, 0.1) is 11.7 Å². The molecule has 2 aromatic rings. The van der Waals surface area contributed by atoms with E-state index in [2.05, 4.69) is 0 Å². The summed E-state index contributed by atoms with van der Waals surface area (Å²) in [7, 11) is 0. The van der Waals surface area contributed by atoms with Gasteiger partial charge < -0.3 is 9.47 Å². The molecule has 5 heteroatoms. The number of ether oxygens (including phenoxy) is 2. The third kappa shape index (κ3) is 5.15. The molecular weight excluding hydrogens is 335 g/mol. The molecule has 4 nitrogen and oxygen atoms in total. The predicted octanol–water partition coefficient (Wildman–Crippen LogP) is 4.34. The Kier molecular flexibility index (Phi) is 6.89. The first-order valence-corrected chi connectivity index (χ1v) is 8.58. The molecule has 1 unspecified atom stereocenters. The normalized spacial score (nSPS) is 11.9. The molecule has 0 saturated heterocycles. The Hall–Kier alpha value is -2.69. The predicted molar refractivity (Wildman–Crippen MR) is 97.0 cm³/mol. The van der Waals surface area contributed by atoms with Crippen molar-refractivity contribution in [1.82, 2.24) is 0 Å². The van der Waals surface area contributed by atoms with Gasteiger partial charge in [0.25, 0.3) is 0 Å². The lowest BCUT2D eigenvalue weighted by Gasteiger charge is -2.14. The van der Waals surface area contributed by atoms with E-state index in [-0.39, 0.29) is 30.9 Å². The Morgan fingerprint density at radius 1 is 0.923 bits per heavy atom. The summed E-state index contributed by atoms with van der Waals surface area (Å²) in [6, 6.07) is 13.9. The third-order valence-corrected chi connectivity index (χ3v) is 3.97. The van der Waals surface area contributed by atoms with Gasteiger partial charge >= 0.3 is 11.9 Å². The standard InChI is InChI=1S/C21H23FO4/c1-14(2)20(23)25-11-12-26-21(24)15(3)17-9-10-18(19(22)13-17)16-7-5-4-6-8-16/h4-10,13-15H,11-12H2,1-3H3. The van der Waals surface area contributed by atoms with E-state index in [9.17, 15) is 14.0 Å². The molecule has 0 N–H and O–H groups in total. The second-order valence-corrected chi connectivity index (χ2v) is 6.32. The lowest BCUT2D eigenvalue weighted by Crippen LogP contribution is -2.19. The maximum atomic E-state index is 14.4. The van der Waals surface area contributed by atoms with Crippen LogP contribution >= 0.6 is 0 Å². The van der Waals surface area contributed by atoms with Gasteiger partial charge in [0.05, 0.1) is 11.8 Å². The largest absolute Gasteiger partial charge is 0.462 e. The number of hydrogen-bond donors (Lipinski definition) is 0. The molecule has 0 bridgehead atoms. The van der Waals surface area contributed by atoms with Crippen molar-refractivity contribution < 1.29 is 23.5 Å². The van der Waals surface area contributed by atoms with Crippen molar-refractivity contribution in [2.24, 2.45) is 5.92 Å². The van der Waals surface area contributed by atoms with Gasteiger partial charge in [0.2, 0.25) is 0 Å². The minimum absolute atomic E-state index is 0.0107. The highest BCUT2D eigenvalue weighted by Gasteiger charge is 2.19. The number of carbonyl (C=O) groups is 2. The van der Waals surface area contributed by atoms with E-state index < -0.39 is 11.9 Å². The Morgan fingerprint density at radius 3 is 2.12 bits per heavy atom. The van der Waals surface area contributed by atoms with Crippen molar-refractivity contribution in [3.05, 3.63) is 59.9 Å². The maximum absolute atomic E-state index is 14.4. The first-order chi connectivity index (χ1) is 12.4. The summed E-state index contributed by atoms with van der Waals surface area (Å²) in [5.74, 6) is -2.06. The lowest BCUT2D eigenvalue weighted by molar-refractivity contribution is -0.154. The Bertz CT molecular complexity index is 756. The second kappa shape index (κ2) is 9.13. The number of halogens is 1. The van der Waals surface area contributed by atoms with Crippen molar-refractivity contribution in [3.8, 4) is 11.1 Å². The molecule has 0 heterocycles. The highest BCUT2D eigenvalue weighted by Crippen LogP contribution is 2.26. The van der Waals surface area contributed by atoms with Gasteiger partial charge in [0, 0.05) is 5.56 Å². The van der Waals surface area contributed by atoms with Gasteiger partial charge in [-0.25, -0.2) is 4.39 Å². The highest BCUT2D eigenvalue weighted by molar-refractivity contribution is 5.78. The molecule has 0 spiro atoms. The summed E-state index contributed by atoms with van der Waals surface area (Å²) in [5, 5.41) is 0. The minimum atomic E-state index is -0.616. The van der Waals surface area contributed by atoms with Gasteiger partial charge in [-0.15, -0.1) is 0 Å². The zero-order valence-corrected chi connectivity index (χ0v) is 15.2. The van der Waals surface area contributed by atoms with E-state index in [0.29, 0.717) is 11.1 Å². The summed E-state index contributed by atoms with van der Waals surface area (Å²) in [6.07, 6.45) is 0. The first kappa shape index (κ1) is 19.6. The van der Waals surface area contributed by atoms with E-state index in [1.165, 1.54) is 6.07 Å². The van der Waals surface area contributed by atoms with Crippen LogP contribution in [0.4, 0.5) is 4.39 Å². The molecule has 0 aliphatic heterocycles. The van der Waals surface area contributed by atoms with Crippen molar-refractivity contribution in [3.63, 3.8) is 0 Å². The number of carbonyl (C=O) groups excluding carboxylic acids is 2. The van der Waals surface area contributed by atoms with E-state index in [0.717, 1.165) is 5.56 Å². The van der Waals surface area contributed by atoms with Gasteiger partial charge in [-0.3, -0.25) is 9.59 Å². The van der Waals surface area contributed by atoms with Gasteiger partial charge in [-0.2, -0.15) is 0 Å². The van der Waals surface area contributed by atoms with E-state index >= 15 is 0 Å². The number of hydrogen-bond acceptors (Lipinski definition) is 4. The molecule has 1 atom stereocenters. The molecular formula is C21H23FO4. The molecule has 26 heavy (non-hydrogen) atoms. The third-order valence-electron chi connectivity index (χ3n) is 3.97. The lowest BCUT2D eigenvalue weighted by atomic mass is 9.97. The first-order valence-electron chi connectivity index (χ1n) is 8.58. The molecule has 0 aliphatic rings. The molecule has 2 rings (SSSR count). The topological polar surface area (TPSA) is 52.6 Å². The Labute approximate surface area is 152 Å². The molecule has 0 aliphatic carbocycles. The second-order valence-electron chi connectivity index (χ2n) is 6.32. The SMILES string of the molecule is CC(C)C(=O)OCCOC(=O)C(C)c1ccc(-c2ccccc2)c(F)c1. The molecule has 0 fully saturated rings. The minimum Gasteiger partial charge on any atom is -0.462 e. The van der Waals surface area contributed by atoms with E-state index in [4.69, 9.17) is 9.47 Å². The maximum Gasteiger partial charge on any atom is 0.313 e. The van der Waals surface area contributed by atoms with Crippen molar-refractivity contribution in [2.45, 2.75) is 26.7 Å². The number of benzene rings is 2. The van der Waals surface area contributed by atoms with Crippen LogP contribution in [0.15, 0.2) is 48.5 Å². The van der Waals surface area contributed by atoms with E-state index in [1.807, 2.05) is 30.3 Å². The molecule has 138 valence electrons. The molecule has 0 amide bonds. The van der Waals surface area contributed by atoms with Gasteiger partial charge in [0.15, 0.2) is 0 Å². The van der Waals surface area contributed by atoms with Crippen LogP contribution in [0.25, 0.3) is 11.1 Å². The van der Waals surface area contributed by atoms with Crippen LogP contribution in [-0.4, -0.2) is 25.2 Å². The number of rotatable bonds is 7. The van der Waals surface area contributed by atoms with Crippen LogP contribution in [0.5, 0.6) is 0 Å². The van der Waals surface area contributed by atoms with Crippen molar-refractivity contribution in [1.29, 1.82) is 0 Å². The number of esters is 2. The van der Waals surface area contributed by atoms with Gasteiger partial charge in [-0.1, -0.05) is 56.3 Å². The van der Waals surface area contributed by atoms with Crippen LogP contribution in [0.2, 0.25) is 0 Å². The van der Waals surface area contributed by atoms with Crippen LogP contribution in [-0.2, 0) is 19.1 Å². The fourth-order valence-corrected chi connectivity index (χ4v) is 2.36. The van der Waals surface area contributed by atoms with Crippen molar-refractivity contribution in [2.75, 3.05) is 13.2 Å².